The minimum absolute atomic E-state index is 0.113. The Morgan fingerprint density at radius 3 is 2.52 bits per heavy atom. The normalized spacial score (nSPS) is 15.2. The number of nitrogens with zero attached hydrogens (tertiary/aromatic N) is 2. The summed E-state index contributed by atoms with van der Waals surface area (Å²) in [7, 11) is -0.186. The molecular weight excluding hydrogens is 504 g/mol. The summed E-state index contributed by atoms with van der Waals surface area (Å²) >= 11 is 5.95. The Labute approximate surface area is 196 Å². The van der Waals surface area contributed by atoms with Gasteiger partial charge in [0.1, 0.15) is 5.82 Å². The molecule has 0 spiro atoms. The second kappa shape index (κ2) is 9.77. The van der Waals surface area contributed by atoms with Gasteiger partial charge in [-0.1, -0.05) is 29.8 Å². The molecule has 0 saturated carbocycles. The van der Waals surface area contributed by atoms with Crippen LogP contribution in [0.4, 0.5) is 23.2 Å². The molecule has 2 rings (SSSR count). The van der Waals surface area contributed by atoms with Crippen LogP contribution in [-0.2, 0) is 21.2 Å². The quantitative estimate of drug-likeness (QED) is 0.428. The van der Waals surface area contributed by atoms with Crippen molar-refractivity contribution in [3.63, 3.8) is 0 Å². The van der Waals surface area contributed by atoms with Gasteiger partial charge in [0.05, 0.1) is 27.1 Å². The van der Waals surface area contributed by atoms with Gasteiger partial charge in [-0.2, -0.15) is 13.2 Å². The zero-order valence-corrected chi connectivity index (χ0v) is 20.0. The molecule has 2 aromatic rings. The molecule has 1 amide bonds. The number of halogens is 5. The van der Waals surface area contributed by atoms with E-state index in [4.69, 9.17) is 11.6 Å². The molecular formula is C19H18ClF4N4O3SSi. The highest BCUT2D eigenvalue weighted by Gasteiger charge is 2.38. The second-order valence-corrected chi connectivity index (χ2v) is 10.5. The Kier molecular flexibility index (Phi) is 7.92. The summed E-state index contributed by atoms with van der Waals surface area (Å²) in [6.07, 6.45) is -2.13. The number of anilines is 1. The SMILES string of the molecule is C[C@H](/C=C/S(C)(=O)=O)NC(=O)c1ncc(N[C@@](C)([Si])c2cccc(F)c2Cl)c(C(F)(F)F)n1. The highest BCUT2D eigenvalue weighted by Crippen LogP contribution is 2.36. The van der Waals surface area contributed by atoms with Crippen LogP contribution in [0, 0.1) is 5.82 Å². The molecule has 3 radical (unpaired) electrons. The number of benzene rings is 1. The first-order chi connectivity index (χ1) is 15.0. The molecule has 33 heavy (non-hydrogen) atoms. The molecule has 177 valence electrons. The molecule has 14 heteroatoms. The van der Waals surface area contributed by atoms with E-state index < -0.39 is 56.1 Å². The van der Waals surface area contributed by atoms with Crippen molar-refractivity contribution >= 4 is 43.3 Å². The molecule has 2 N–H and O–H groups in total. The lowest BCUT2D eigenvalue weighted by molar-refractivity contribution is -0.140. The number of rotatable bonds is 7. The third-order valence-electron chi connectivity index (χ3n) is 4.11. The van der Waals surface area contributed by atoms with Crippen molar-refractivity contribution in [3.8, 4) is 0 Å². The number of nitrogens with one attached hydrogen (secondary N) is 2. The summed E-state index contributed by atoms with van der Waals surface area (Å²) in [4.78, 5) is 19.3. The van der Waals surface area contributed by atoms with Crippen LogP contribution in [0.2, 0.25) is 5.02 Å². The van der Waals surface area contributed by atoms with Gasteiger partial charge in [0, 0.05) is 22.9 Å². The molecule has 2 atom stereocenters. The smallest absolute Gasteiger partial charge is 0.376 e. The monoisotopic (exact) mass is 521 g/mol. The fraction of sp³-hybridized carbons (Fsp3) is 0.316. The summed E-state index contributed by atoms with van der Waals surface area (Å²) in [6.45, 7) is 2.82. The lowest BCUT2D eigenvalue weighted by Crippen LogP contribution is -2.35. The van der Waals surface area contributed by atoms with E-state index >= 15 is 0 Å². The number of carbonyl (C=O) groups excluding carboxylic acids is 1. The zero-order valence-electron chi connectivity index (χ0n) is 17.5. The molecule has 7 nitrogen and oxygen atoms in total. The Bertz CT molecular complexity index is 1190. The number of carbonyl (C=O) groups is 1. The van der Waals surface area contributed by atoms with E-state index in [1.807, 2.05) is 0 Å². The van der Waals surface area contributed by atoms with E-state index in [-0.39, 0.29) is 10.6 Å². The van der Waals surface area contributed by atoms with Gasteiger partial charge in [-0.05, 0) is 25.5 Å². The molecule has 0 fully saturated rings. The van der Waals surface area contributed by atoms with Crippen molar-refractivity contribution in [1.82, 2.24) is 15.3 Å². The molecule has 0 unspecified atom stereocenters. The molecule has 0 saturated heterocycles. The molecule has 1 aromatic heterocycles. The lowest BCUT2D eigenvalue weighted by atomic mass is 10.1. The van der Waals surface area contributed by atoms with E-state index in [0.717, 1.165) is 30.0 Å². The summed E-state index contributed by atoms with van der Waals surface area (Å²) < 4.78 is 77.2. The van der Waals surface area contributed by atoms with E-state index in [1.165, 1.54) is 26.0 Å². The van der Waals surface area contributed by atoms with Gasteiger partial charge in [0.15, 0.2) is 15.5 Å². The number of aromatic nitrogens is 2. The third-order valence-corrected chi connectivity index (χ3v) is 5.54. The minimum atomic E-state index is -4.98. The van der Waals surface area contributed by atoms with Crippen molar-refractivity contribution < 1.29 is 30.8 Å². The van der Waals surface area contributed by atoms with Gasteiger partial charge in [-0.15, -0.1) is 0 Å². The van der Waals surface area contributed by atoms with E-state index in [2.05, 4.69) is 30.8 Å². The Morgan fingerprint density at radius 1 is 1.30 bits per heavy atom. The summed E-state index contributed by atoms with van der Waals surface area (Å²) in [5, 5.41) is 3.90. The predicted octanol–water partition coefficient (Wildman–Crippen LogP) is 3.42. The molecule has 1 heterocycles. The van der Waals surface area contributed by atoms with Crippen molar-refractivity contribution in [3.05, 3.63) is 63.8 Å². The minimum Gasteiger partial charge on any atom is -0.376 e. The van der Waals surface area contributed by atoms with Crippen LogP contribution in [0.15, 0.2) is 35.9 Å². The van der Waals surface area contributed by atoms with Crippen molar-refractivity contribution in [1.29, 1.82) is 0 Å². The first-order valence-corrected chi connectivity index (χ1v) is 12.0. The largest absolute Gasteiger partial charge is 0.435 e. The first kappa shape index (κ1) is 26.7. The summed E-state index contributed by atoms with van der Waals surface area (Å²) in [6, 6.07) is 3.01. The van der Waals surface area contributed by atoms with Crippen LogP contribution in [-0.4, -0.2) is 46.8 Å². The van der Waals surface area contributed by atoms with Gasteiger partial charge >= 0.3 is 6.18 Å². The van der Waals surface area contributed by atoms with Crippen LogP contribution < -0.4 is 10.6 Å². The molecule has 0 aliphatic heterocycles. The maximum absolute atomic E-state index is 13.8. The average molecular weight is 522 g/mol. The Balaban J connectivity index is 2.38. The van der Waals surface area contributed by atoms with Gasteiger partial charge in [-0.3, -0.25) is 4.79 Å². The summed E-state index contributed by atoms with van der Waals surface area (Å²) in [5.74, 6) is -2.60. The van der Waals surface area contributed by atoms with E-state index in [0.29, 0.717) is 0 Å². The number of hydrogen-bond donors (Lipinski definition) is 2. The topological polar surface area (TPSA) is 101 Å². The van der Waals surface area contributed by atoms with Crippen LogP contribution in [0.3, 0.4) is 0 Å². The Hall–Kier alpha value is -2.51. The van der Waals surface area contributed by atoms with Crippen molar-refractivity contribution in [2.24, 2.45) is 0 Å². The fourth-order valence-corrected chi connectivity index (χ4v) is 3.86. The van der Waals surface area contributed by atoms with E-state index in [1.54, 1.807) is 0 Å². The zero-order chi connectivity index (χ0) is 25.2. The van der Waals surface area contributed by atoms with Crippen LogP contribution in [0.1, 0.15) is 35.7 Å². The van der Waals surface area contributed by atoms with Crippen molar-refractivity contribution in [2.75, 3.05) is 11.6 Å². The number of alkyl halides is 3. The number of amides is 1. The highest BCUT2D eigenvalue weighted by molar-refractivity contribution is 7.93. The standard InChI is InChI=1S/C19H18ClF4N4O3SSi/c1-10(7-8-32(3,30)31)26-17(29)16-25-9-13(15(27-16)19(22,23)24)28-18(2,33)11-5-4-6-12(21)14(11)20/h4-10,28H,1-3H3,(H,26,29)/b8-7+/t10-,18+/m1/s1. The predicted molar refractivity (Wildman–Crippen MR) is 116 cm³/mol. The lowest BCUT2D eigenvalue weighted by Gasteiger charge is -2.30. The molecule has 1 aromatic carbocycles. The average Bonchev–Trinajstić information content (AvgIpc) is 2.67. The van der Waals surface area contributed by atoms with Gasteiger partial charge < -0.3 is 10.6 Å². The van der Waals surface area contributed by atoms with Crippen LogP contribution in [0.25, 0.3) is 0 Å². The number of sulfone groups is 1. The molecule has 0 aliphatic rings. The van der Waals surface area contributed by atoms with Crippen LogP contribution in [0.5, 0.6) is 0 Å². The Morgan fingerprint density at radius 2 is 1.94 bits per heavy atom. The second-order valence-electron chi connectivity index (χ2n) is 7.23. The van der Waals surface area contributed by atoms with Gasteiger partial charge in [-0.25, -0.2) is 22.8 Å². The van der Waals surface area contributed by atoms with Crippen molar-refractivity contribution in [2.45, 2.75) is 31.2 Å². The maximum Gasteiger partial charge on any atom is 0.435 e. The number of hydrogen-bond acceptors (Lipinski definition) is 6. The van der Waals surface area contributed by atoms with E-state index in [9.17, 15) is 30.8 Å². The highest BCUT2D eigenvalue weighted by atomic mass is 35.5. The van der Waals surface area contributed by atoms with Gasteiger partial charge in [0.25, 0.3) is 5.91 Å². The summed E-state index contributed by atoms with van der Waals surface area (Å²) in [5.41, 5.74) is -1.93. The van der Waals surface area contributed by atoms with Crippen LogP contribution >= 0.6 is 11.6 Å². The first-order valence-electron chi connectivity index (χ1n) is 9.12. The molecule has 0 bridgehead atoms. The third kappa shape index (κ3) is 7.24. The van der Waals surface area contributed by atoms with Gasteiger partial charge in [0.2, 0.25) is 5.82 Å². The molecule has 0 aliphatic carbocycles. The fourth-order valence-electron chi connectivity index (χ4n) is 2.61. The maximum atomic E-state index is 13.8.